The first-order valence-corrected chi connectivity index (χ1v) is 7.87. The van der Waals surface area contributed by atoms with Gasteiger partial charge in [-0.1, -0.05) is 35.9 Å². The van der Waals surface area contributed by atoms with Crippen molar-refractivity contribution < 1.29 is 0 Å². The maximum atomic E-state index is 6.09. The number of hydrogen-bond donors (Lipinski definition) is 1. The molecule has 0 aliphatic heterocycles. The summed E-state index contributed by atoms with van der Waals surface area (Å²) < 4.78 is 2.31. The molecule has 0 bridgehead atoms. The van der Waals surface area contributed by atoms with E-state index in [9.17, 15) is 0 Å². The molecule has 0 atom stereocenters. The lowest BCUT2D eigenvalue weighted by atomic mass is 10.1. The van der Waals surface area contributed by atoms with Gasteiger partial charge in [-0.15, -0.1) is 0 Å². The molecular formula is C19H23N3. The van der Waals surface area contributed by atoms with Gasteiger partial charge in [-0.05, 0) is 44.9 Å². The largest absolute Gasteiger partial charge is 0.397 e. The number of nitrogens with two attached hydrogens (primary N) is 1. The molecule has 0 aliphatic carbocycles. The van der Waals surface area contributed by atoms with E-state index >= 15 is 0 Å². The van der Waals surface area contributed by atoms with Gasteiger partial charge in [-0.2, -0.15) is 0 Å². The molecule has 3 rings (SSSR count). The summed E-state index contributed by atoms with van der Waals surface area (Å²) in [5.41, 5.74) is 11.5. The van der Waals surface area contributed by atoms with E-state index in [1.54, 1.807) is 0 Å². The smallest absolute Gasteiger partial charge is 0.112 e. The lowest BCUT2D eigenvalue weighted by molar-refractivity contribution is 0.582. The molecule has 1 aromatic heterocycles. The average Bonchev–Trinajstić information content (AvgIpc) is 2.87. The number of imidazole rings is 1. The second kappa shape index (κ2) is 5.84. The summed E-state index contributed by atoms with van der Waals surface area (Å²) in [6.07, 6.45) is 1.92. The number of anilines is 1. The summed E-state index contributed by atoms with van der Waals surface area (Å²) in [6, 6.07) is 15.1. The van der Waals surface area contributed by atoms with Gasteiger partial charge < -0.3 is 10.3 Å². The number of aryl methyl sites for hydroxylation is 3. The van der Waals surface area contributed by atoms with Gasteiger partial charge in [0, 0.05) is 12.5 Å². The standard InChI is InChI=1S/C19H23N3/c1-13(2)22-17-6-4-5-16(20)19(17)21-18(22)12-11-15-9-7-14(3)8-10-15/h4-10,13H,11-12,20H2,1-3H3. The third-order valence-electron chi connectivity index (χ3n) is 4.10. The average molecular weight is 293 g/mol. The number of fused-ring (bicyclic) bond motifs is 1. The Kier molecular flexibility index (Phi) is 3.88. The lowest BCUT2D eigenvalue weighted by Gasteiger charge is -2.13. The summed E-state index contributed by atoms with van der Waals surface area (Å²) >= 11 is 0. The zero-order valence-electron chi connectivity index (χ0n) is 13.5. The second-order valence-electron chi connectivity index (χ2n) is 6.19. The van der Waals surface area contributed by atoms with Crippen LogP contribution in [-0.2, 0) is 12.8 Å². The molecule has 114 valence electrons. The van der Waals surface area contributed by atoms with Gasteiger partial charge in [-0.25, -0.2) is 4.98 Å². The number of hydrogen-bond acceptors (Lipinski definition) is 2. The molecule has 2 aromatic carbocycles. The molecule has 0 spiro atoms. The van der Waals surface area contributed by atoms with Crippen molar-refractivity contribution in [3.8, 4) is 0 Å². The van der Waals surface area contributed by atoms with Gasteiger partial charge in [0.1, 0.15) is 11.3 Å². The molecule has 0 saturated heterocycles. The number of aromatic nitrogens is 2. The van der Waals surface area contributed by atoms with E-state index in [2.05, 4.69) is 55.7 Å². The van der Waals surface area contributed by atoms with E-state index in [-0.39, 0.29) is 0 Å². The summed E-state index contributed by atoms with van der Waals surface area (Å²) in [4.78, 5) is 4.80. The number of nitrogens with zero attached hydrogens (tertiary/aromatic N) is 2. The van der Waals surface area contributed by atoms with E-state index in [0.29, 0.717) is 6.04 Å². The zero-order valence-corrected chi connectivity index (χ0v) is 13.5. The third-order valence-corrected chi connectivity index (χ3v) is 4.10. The van der Waals surface area contributed by atoms with Gasteiger partial charge in [0.2, 0.25) is 0 Å². The maximum Gasteiger partial charge on any atom is 0.112 e. The predicted octanol–water partition coefficient (Wildman–Crippen LogP) is 4.29. The number of para-hydroxylation sites is 1. The van der Waals surface area contributed by atoms with Crippen molar-refractivity contribution in [3.63, 3.8) is 0 Å². The monoisotopic (exact) mass is 293 g/mol. The van der Waals surface area contributed by atoms with Crippen molar-refractivity contribution in [3.05, 3.63) is 59.4 Å². The molecule has 22 heavy (non-hydrogen) atoms. The Labute approximate surface area is 131 Å². The van der Waals surface area contributed by atoms with Crippen LogP contribution in [0, 0.1) is 6.92 Å². The van der Waals surface area contributed by atoms with Gasteiger partial charge in [0.05, 0.1) is 11.2 Å². The Morgan fingerprint density at radius 3 is 2.45 bits per heavy atom. The van der Waals surface area contributed by atoms with Crippen LogP contribution in [0.5, 0.6) is 0 Å². The SMILES string of the molecule is Cc1ccc(CCc2nc3c(N)cccc3n2C(C)C)cc1. The first-order valence-electron chi connectivity index (χ1n) is 7.87. The highest BCUT2D eigenvalue weighted by molar-refractivity contribution is 5.87. The third kappa shape index (κ3) is 2.71. The first-order chi connectivity index (χ1) is 10.6. The lowest BCUT2D eigenvalue weighted by Crippen LogP contribution is -2.07. The van der Waals surface area contributed by atoms with Crippen LogP contribution in [0.15, 0.2) is 42.5 Å². The van der Waals surface area contributed by atoms with Crippen LogP contribution in [0.4, 0.5) is 5.69 Å². The van der Waals surface area contributed by atoms with Gasteiger partial charge in [-0.3, -0.25) is 0 Å². The van der Waals surface area contributed by atoms with Gasteiger partial charge >= 0.3 is 0 Å². The van der Waals surface area contributed by atoms with Gasteiger partial charge in [0.25, 0.3) is 0 Å². The summed E-state index contributed by atoms with van der Waals surface area (Å²) in [6.45, 7) is 6.50. The fourth-order valence-corrected chi connectivity index (χ4v) is 2.95. The van der Waals surface area contributed by atoms with E-state index in [1.807, 2.05) is 12.1 Å². The minimum absolute atomic E-state index is 0.375. The molecule has 0 radical (unpaired) electrons. The maximum absolute atomic E-state index is 6.09. The minimum Gasteiger partial charge on any atom is -0.397 e. The Morgan fingerprint density at radius 1 is 1.05 bits per heavy atom. The second-order valence-corrected chi connectivity index (χ2v) is 6.19. The molecule has 3 aromatic rings. The highest BCUT2D eigenvalue weighted by Gasteiger charge is 2.14. The van der Waals surface area contributed by atoms with Crippen LogP contribution in [0.3, 0.4) is 0 Å². The van der Waals surface area contributed by atoms with E-state index in [4.69, 9.17) is 10.7 Å². The zero-order chi connectivity index (χ0) is 15.7. The Morgan fingerprint density at radius 2 is 1.77 bits per heavy atom. The number of rotatable bonds is 4. The molecule has 0 saturated carbocycles. The van der Waals surface area contributed by atoms with Crippen LogP contribution in [0.1, 0.15) is 36.8 Å². The highest BCUT2D eigenvalue weighted by Crippen LogP contribution is 2.26. The molecule has 1 heterocycles. The van der Waals surface area contributed by atoms with Crippen LogP contribution in [-0.4, -0.2) is 9.55 Å². The normalized spacial score (nSPS) is 11.5. The number of benzene rings is 2. The molecule has 0 aliphatic rings. The summed E-state index contributed by atoms with van der Waals surface area (Å²) in [5.74, 6) is 1.11. The van der Waals surface area contributed by atoms with Crippen molar-refractivity contribution in [1.82, 2.24) is 9.55 Å². The minimum atomic E-state index is 0.375. The molecule has 3 nitrogen and oxygen atoms in total. The summed E-state index contributed by atoms with van der Waals surface area (Å²) in [7, 11) is 0. The van der Waals surface area contributed by atoms with Gasteiger partial charge in [0.15, 0.2) is 0 Å². The molecule has 0 fully saturated rings. The molecular weight excluding hydrogens is 270 g/mol. The number of nitrogen functional groups attached to an aromatic ring is 1. The van der Waals surface area contributed by atoms with E-state index < -0.39 is 0 Å². The van der Waals surface area contributed by atoms with Crippen molar-refractivity contribution in [2.45, 2.75) is 39.7 Å². The molecule has 0 unspecified atom stereocenters. The fraction of sp³-hybridized carbons (Fsp3) is 0.316. The topological polar surface area (TPSA) is 43.8 Å². The van der Waals surface area contributed by atoms with Crippen molar-refractivity contribution in [2.24, 2.45) is 0 Å². The van der Waals surface area contributed by atoms with Crippen LogP contribution in [0.2, 0.25) is 0 Å². The Bertz CT molecular complexity index is 782. The quantitative estimate of drug-likeness (QED) is 0.729. The van der Waals surface area contributed by atoms with E-state index in [0.717, 1.165) is 35.4 Å². The first kappa shape index (κ1) is 14.6. The fourth-order valence-electron chi connectivity index (χ4n) is 2.95. The van der Waals surface area contributed by atoms with Crippen molar-refractivity contribution in [2.75, 3.05) is 5.73 Å². The molecule has 2 N–H and O–H groups in total. The van der Waals surface area contributed by atoms with Crippen LogP contribution >= 0.6 is 0 Å². The molecule has 3 heteroatoms. The Hall–Kier alpha value is -2.29. The van der Waals surface area contributed by atoms with Crippen LogP contribution in [0.25, 0.3) is 11.0 Å². The van der Waals surface area contributed by atoms with Crippen molar-refractivity contribution >= 4 is 16.7 Å². The summed E-state index contributed by atoms with van der Waals surface area (Å²) in [5, 5.41) is 0. The highest BCUT2D eigenvalue weighted by atomic mass is 15.1. The van der Waals surface area contributed by atoms with E-state index in [1.165, 1.54) is 11.1 Å². The molecule has 0 amide bonds. The predicted molar refractivity (Wildman–Crippen MR) is 93.1 cm³/mol. The Balaban J connectivity index is 1.94. The van der Waals surface area contributed by atoms with Crippen molar-refractivity contribution in [1.29, 1.82) is 0 Å². The van der Waals surface area contributed by atoms with Crippen LogP contribution < -0.4 is 5.73 Å².